The maximum Gasteiger partial charge on any atom is 0.316 e. The van der Waals surface area contributed by atoms with Crippen LogP contribution >= 0.6 is 0 Å². The summed E-state index contributed by atoms with van der Waals surface area (Å²) in [6, 6.07) is 2.20. The van der Waals surface area contributed by atoms with E-state index in [4.69, 9.17) is 9.47 Å². The molecule has 0 spiro atoms. The molecule has 1 aliphatic heterocycles. The third-order valence-corrected chi connectivity index (χ3v) is 2.10. The Morgan fingerprint density at radius 2 is 2.15 bits per heavy atom. The fraction of sp³-hybridized carbons (Fsp3) is 0.556. The highest BCUT2D eigenvalue weighted by molar-refractivity contribution is 4.95. The fourth-order valence-electron chi connectivity index (χ4n) is 1.27. The zero-order valence-corrected chi connectivity index (χ0v) is 7.51. The molecule has 4 heteroatoms. The Balaban J connectivity index is 1.98. The molecule has 1 aromatic heterocycles. The minimum Gasteiger partial charge on any atom is -0.457 e. The minimum absolute atomic E-state index is 0.0994. The lowest BCUT2D eigenvalue weighted by molar-refractivity contribution is 0.129. The van der Waals surface area contributed by atoms with Crippen molar-refractivity contribution >= 4 is 0 Å². The third-order valence-electron chi connectivity index (χ3n) is 2.10. The van der Waals surface area contributed by atoms with Crippen molar-refractivity contribution in [1.82, 2.24) is 9.97 Å². The van der Waals surface area contributed by atoms with Crippen LogP contribution in [0.3, 0.4) is 0 Å². The second-order valence-electron chi connectivity index (χ2n) is 3.20. The van der Waals surface area contributed by atoms with Gasteiger partial charge in [0.2, 0.25) is 0 Å². The third kappa shape index (κ3) is 1.95. The van der Waals surface area contributed by atoms with Crippen molar-refractivity contribution in [3.05, 3.63) is 18.5 Å². The van der Waals surface area contributed by atoms with Crippen LogP contribution in [0.4, 0.5) is 0 Å². The van der Waals surface area contributed by atoms with Crippen LogP contribution < -0.4 is 4.74 Å². The first-order valence-electron chi connectivity index (χ1n) is 4.37. The van der Waals surface area contributed by atoms with Crippen LogP contribution in [0.15, 0.2) is 18.5 Å². The van der Waals surface area contributed by atoms with E-state index >= 15 is 0 Å². The van der Waals surface area contributed by atoms with Gasteiger partial charge in [0, 0.05) is 18.3 Å². The number of hydrogen-bond donors (Lipinski definition) is 0. The first-order chi connectivity index (χ1) is 6.36. The fourth-order valence-corrected chi connectivity index (χ4v) is 1.27. The van der Waals surface area contributed by atoms with Gasteiger partial charge in [0.05, 0.1) is 13.2 Å². The first-order valence-corrected chi connectivity index (χ1v) is 4.37. The lowest BCUT2D eigenvalue weighted by Gasteiger charge is -2.13. The smallest absolute Gasteiger partial charge is 0.316 e. The predicted octanol–water partition coefficient (Wildman–Crippen LogP) is 0.890. The SMILES string of the molecule is CC1COCC1Oc1ncccn1. The van der Waals surface area contributed by atoms with E-state index in [1.165, 1.54) is 0 Å². The van der Waals surface area contributed by atoms with Gasteiger partial charge < -0.3 is 9.47 Å². The van der Waals surface area contributed by atoms with Crippen LogP contribution in [-0.2, 0) is 4.74 Å². The van der Waals surface area contributed by atoms with Crippen molar-refractivity contribution in [3.63, 3.8) is 0 Å². The summed E-state index contributed by atoms with van der Waals surface area (Å²) in [6.07, 6.45) is 3.44. The molecule has 1 aromatic rings. The van der Waals surface area contributed by atoms with Gasteiger partial charge in [-0.05, 0) is 6.07 Å². The van der Waals surface area contributed by atoms with Crippen molar-refractivity contribution in [2.24, 2.45) is 5.92 Å². The van der Waals surface area contributed by atoms with E-state index in [9.17, 15) is 0 Å². The van der Waals surface area contributed by atoms with Gasteiger partial charge in [0.15, 0.2) is 0 Å². The van der Waals surface area contributed by atoms with Gasteiger partial charge in [-0.3, -0.25) is 0 Å². The van der Waals surface area contributed by atoms with Crippen molar-refractivity contribution < 1.29 is 9.47 Å². The van der Waals surface area contributed by atoms with Crippen LogP contribution in [0.5, 0.6) is 6.01 Å². The van der Waals surface area contributed by atoms with Gasteiger partial charge in [-0.25, -0.2) is 9.97 Å². The second-order valence-corrected chi connectivity index (χ2v) is 3.20. The number of nitrogens with zero attached hydrogens (tertiary/aromatic N) is 2. The maximum absolute atomic E-state index is 5.54. The van der Waals surface area contributed by atoms with Crippen LogP contribution in [0.2, 0.25) is 0 Å². The summed E-state index contributed by atoms with van der Waals surface area (Å²) in [5.74, 6) is 0.420. The van der Waals surface area contributed by atoms with E-state index in [-0.39, 0.29) is 6.10 Å². The second kappa shape index (κ2) is 3.70. The molecule has 0 aromatic carbocycles. The highest BCUT2D eigenvalue weighted by Crippen LogP contribution is 2.17. The highest BCUT2D eigenvalue weighted by atomic mass is 16.6. The molecule has 0 saturated carbocycles. The largest absolute Gasteiger partial charge is 0.457 e. The molecule has 2 heterocycles. The van der Waals surface area contributed by atoms with E-state index < -0.39 is 0 Å². The molecule has 2 rings (SSSR count). The summed E-state index contributed by atoms with van der Waals surface area (Å²) >= 11 is 0. The molecule has 0 bridgehead atoms. The molecule has 4 nitrogen and oxygen atoms in total. The van der Waals surface area contributed by atoms with Crippen molar-refractivity contribution in [2.75, 3.05) is 13.2 Å². The molecule has 0 amide bonds. The monoisotopic (exact) mass is 180 g/mol. The van der Waals surface area contributed by atoms with Gasteiger partial charge in [0.25, 0.3) is 0 Å². The van der Waals surface area contributed by atoms with E-state index in [2.05, 4.69) is 16.9 Å². The van der Waals surface area contributed by atoms with E-state index in [1.807, 2.05) is 0 Å². The summed E-state index contributed by atoms with van der Waals surface area (Å²) < 4.78 is 10.8. The predicted molar refractivity (Wildman–Crippen MR) is 46.4 cm³/mol. The Labute approximate surface area is 76.9 Å². The maximum atomic E-state index is 5.54. The number of rotatable bonds is 2. The highest BCUT2D eigenvalue weighted by Gasteiger charge is 2.26. The average molecular weight is 180 g/mol. The Hall–Kier alpha value is -1.16. The normalized spacial score (nSPS) is 27.5. The molecule has 0 N–H and O–H groups in total. The lowest BCUT2D eigenvalue weighted by Crippen LogP contribution is -2.24. The zero-order valence-electron chi connectivity index (χ0n) is 7.51. The molecular formula is C9H12N2O2. The summed E-state index contributed by atoms with van der Waals surface area (Å²) in [5, 5.41) is 0. The van der Waals surface area contributed by atoms with Gasteiger partial charge in [-0.2, -0.15) is 0 Å². The number of aromatic nitrogens is 2. The van der Waals surface area contributed by atoms with E-state index in [0.717, 1.165) is 6.61 Å². The topological polar surface area (TPSA) is 44.2 Å². The first kappa shape index (κ1) is 8.44. The van der Waals surface area contributed by atoms with Crippen LogP contribution in [0, 0.1) is 5.92 Å². The average Bonchev–Trinajstić information content (AvgIpc) is 2.54. The molecule has 2 unspecified atom stereocenters. The van der Waals surface area contributed by atoms with Crippen molar-refractivity contribution in [3.8, 4) is 6.01 Å². The Kier molecular flexibility index (Phi) is 2.40. The van der Waals surface area contributed by atoms with Crippen molar-refractivity contribution in [2.45, 2.75) is 13.0 Å². The quantitative estimate of drug-likeness (QED) is 0.678. The molecule has 1 aliphatic rings. The lowest BCUT2D eigenvalue weighted by atomic mass is 10.1. The van der Waals surface area contributed by atoms with Gasteiger partial charge in [-0.15, -0.1) is 0 Å². The molecule has 1 saturated heterocycles. The van der Waals surface area contributed by atoms with E-state index in [0.29, 0.717) is 18.5 Å². The standard InChI is InChI=1S/C9H12N2O2/c1-7-5-12-6-8(7)13-9-10-3-2-4-11-9/h2-4,7-8H,5-6H2,1H3. The summed E-state index contributed by atoms with van der Waals surface area (Å²) in [7, 11) is 0. The summed E-state index contributed by atoms with van der Waals surface area (Å²) in [6.45, 7) is 3.50. The minimum atomic E-state index is 0.0994. The Morgan fingerprint density at radius 3 is 2.77 bits per heavy atom. The van der Waals surface area contributed by atoms with Crippen LogP contribution in [0.1, 0.15) is 6.92 Å². The Bertz CT molecular complexity index is 266. The summed E-state index contributed by atoms with van der Waals surface area (Å²) in [4.78, 5) is 7.98. The molecule has 70 valence electrons. The molecule has 0 radical (unpaired) electrons. The zero-order chi connectivity index (χ0) is 9.10. The molecule has 0 aliphatic carbocycles. The molecule has 1 fully saturated rings. The number of hydrogen-bond acceptors (Lipinski definition) is 4. The summed E-state index contributed by atoms with van der Waals surface area (Å²) in [5.41, 5.74) is 0. The molecule has 2 atom stereocenters. The van der Waals surface area contributed by atoms with Gasteiger partial charge >= 0.3 is 6.01 Å². The van der Waals surface area contributed by atoms with Crippen LogP contribution in [0.25, 0.3) is 0 Å². The molecule has 13 heavy (non-hydrogen) atoms. The molecular weight excluding hydrogens is 168 g/mol. The Morgan fingerprint density at radius 1 is 1.38 bits per heavy atom. The van der Waals surface area contributed by atoms with Crippen molar-refractivity contribution in [1.29, 1.82) is 0 Å². The number of ether oxygens (including phenoxy) is 2. The van der Waals surface area contributed by atoms with Crippen LogP contribution in [-0.4, -0.2) is 29.3 Å². The van der Waals surface area contributed by atoms with E-state index in [1.54, 1.807) is 18.5 Å². The van der Waals surface area contributed by atoms with Gasteiger partial charge in [-0.1, -0.05) is 6.92 Å². The van der Waals surface area contributed by atoms with Gasteiger partial charge in [0.1, 0.15) is 6.10 Å².